The molecule has 0 saturated carbocycles. The first-order chi connectivity index (χ1) is 9.49. The first-order valence-electron chi connectivity index (χ1n) is 5.53. The third-order valence-electron chi connectivity index (χ3n) is 2.53. The van der Waals surface area contributed by atoms with Gasteiger partial charge in [0.1, 0.15) is 5.75 Å². The number of rotatable bonds is 3. The number of carbonyl (C=O) groups is 1. The molecule has 2 aromatic carbocycles. The largest absolute Gasteiger partial charge is 0.506 e. The van der Waals surface area contributed by atoms with Gasteiger partial charge in [0.05, 0.1) is 14.8 Å². The molecule has 0 bridgehead atoms. The minimum absolute atomic E-state index is 0.0616. The van der Waals surface area contributed by atoms with Crippen molar-refractivity contribution in [2.24, 2.45) is 4.99 Å². The fourth-order valence-corrected chi connectivity index (χ4v) is 2.65. The number of phenolic OH excluding ortho intramolecular Hbond substituents is 1. The van der Waals surface area contributed by atoms with E-state index < -0.39 is 5.97 Å². The summed E-state index contributed by atoms with van der Waals surface area (Å²) in [5, 5.41) is 19.4. The summed E-state index contributed by atoms with van der Waals surface area (Å²) < 4.78 is 0.600. The van der Waals surface area contributed by atoms with Crippen molar-refractivity contribution < 1.29 is 15.0 Å². The number of aliphatic imine (C=N–C) groups is 1. The standard InChI is InChI=1S/C14H9ClINO3/c15-9-5-8(13(18)11(16)6-9)7-17-12-4-2-1-3-10(12)14(19)20/h1-7,18H,(H,19,20). The molecule has 0 amide bonds. The van der Waals surface area contributed by atoms with Gasteiger partial charge in [0.15, 0.2) is 0 Å². The molecule has 0 atom stereocenters. The molecular formula is C14H9ClINO3. The van der Waals surface area contributed by atoms with E-state index in [0.29, 0.717) is 19.8 Å². The third kappa shape index (κ3) is 3.29. The van der Waals surface area contributed by atoms with Crippen molar-refractivity contribution in [1.82, 2.24) is 0 Å². The van der Waals surface area contributed by atoms with E-state index >= 15 is 0 Å². The van der Waals surface area contributed by atoms with Crippen LogP contribution >= 0.6 is 34.2 Å². The normalized spacial score (nSPS) is 10.9. The van der Waals surface area contributed by atoms with Crippen LogP contribution in [0.25, 0.3) is 0 Å². The van der Waals surface area contributed by atoms with E-state index in [-0.39, 0.29) is 11.3 Å². The number of nitrogens with zero attached hydrogens (tertiary/aromatic N) is 1. The maximum absolute atomic E-state index is 11.1. The van der Waals surface area contributed by atoms with Crippen LogP contribution in [0.1, 0.15) is 15.9 Å². The smallest absolute Gasteiger partial charge is 0.337 e. The highest BCUT2D eigenvalue weighted by Crippen LogP contribution is 2.28. The van der Waals surface area contributed by atoms with Crippen molar-refractivity contribution in [3.8, 4) is 5.75 Å². The Morgan fingerprint density at radius 1 is 1.30 bits per heavy atom. The van der Waals surface area contributed by atoms with E-state index in [0.717, 1.165) is 0 Å². The molecule has 2 aromatic rings. The number of para-hydroxylation sites is 1. The van der Waals surface area contributed by atoms with E-state index in [1.54, 1.807) is 30.3 Å². The molecule has 20 heavy (non-hydrogen) atoms. The third-order valence-corrected chi connectivity index (χ3v) is 3.58. The lowest BCUT2D eigenvalue weighted by atomic mass is 10.2. The molecule has 2 rings (SSSR count). The zero-order chi connectivity index (χ0) is 14.7. The average molecular weight is 402 g/mol. The highest BCUT2D eigenvalue weighted by molar-refractivity contribution is 14.1. The minimum Gasteiger partial charge on any atom is -0.506 e. The molecule has 2 N–H and O–H groups in total. The van der Waals surface area contributed by atoms with Gasteiger partial charge < -0.3 is 10.2 Å². The SMILES string of the molecule is O=C(O)c1ccccc1N=Cc1cc(Cl)cc(I)c1O. The molecule has 4 nitrogen and oxygen atoms in total. The summed E-state index contributed by atoms with van der Waals surface area (Å²) in [6.07, 6.45) is 1.39. The predicted octanol–water partition coefficient (Wildman–Crippen LogP) is 4.10. The summed E-state index contributed by atoms with van der Waals surface area (Å²) in [6.45, 7) is 0. The van der Waals surface area contributed by atoms with Gasteiger partial charge in [0.2, 0.25) is 0 Å². The number of aromatic hydroxyl groups is 1. The van der Waals surface area contributed by atoms with E-state index in [1.807, 2.05) is 22.6 Å². The van der Waals surface area contributed by atoms with E-state index in [4.69, 9.17) is 16.7 Å². The van der Waals surface area contributed by atoms with Crippen LogP contribution < -0.4 is 0 Å². The van der Waals surface area contributed by atoms with Gasteiger partial charge >= 0.3 is 5.97 Å². The number of carboxylic acid groups (broad SMARTS) is 1. The van der Waals surface area contributed by atoms with Crippen molar-refractivity contribution in [3.63, 3.8) is 0 Å². The van der Waals surface area contributed by atoms with E-state index in [1.165, 1.54) is 12.3 Å². The van der Waals surface area contributed by atoms with Crippen LogP contribution in [0.4, 0.5) is 5.69 Å². The lowest BCUT2D eigenvalue weighted by molar-refractivity contribution is 0.0698. The highest BCUT2D eigenvalue weighted by atomic mass is 127. The summed E-state index contributed by atoms with van der Waals surface area (Å²) >= 11 is 7.87. The first-order valence-corrected chi connectivity index (χ1v) is 6.99. The number of aromatic carboxylic acids is 1. The molecule has 0 spiro atoms. The van der Waals surface area contributed by atoms with Crippen molar-refractivity contribution in [3.05, 3.63) is 56.1 Å². The average Bonchev–Trinajstić information content (AvgIpc) is 2.41. The Labute approximate surface area is 133 Å². The van der Waals surface area contributed by atoms with Crippen molar-refractivity contribution in [1.29, 1.82) is 0 Å². The quantitative estimate of drug-likeness (QED) is 0.601. The number of phenols is 1. The maximum atomic E-state index is 11.1. The summed E-state index contributed by atoms with van der Waals surface area (Å²) in [5.41, 5.74) is 0.844. The van der Waals surface area contributed by atoms with Crippen LogP contribution in [0.2, 0.25) is 5.02 Å². The Bertz CT molecular complexity index is 701. The van der Waals surface area contributed by atoms with Crippen LogP contribution in [0, 0.1) is 3.57 Å². The second-order valence-corrected chi connectivity index (χ2v) is 5.50. The zero-order valence-electron chi connectivity index (χ0n) is 10.0. The maximum Gasteiger partial charge on any atom is 0.337 e. The lowest BCUT2D eigenvalue weighted by Gasteiger charge is -2.03. The molecule has 0 fully saturated rings. The number of hydrogen-bond acceptors (Lipinski definition) is 3. The Kier molecular flexibility index (Phi) is 4.61. The Balaban J connectivity index is 2.42. The van der Waals surface area contributed by atoms with Gasteiger partial charge in [-0.3, -0.25) is 4.99 Å². The number of carboxylic acids is 1. The van der Waals surface area contributed by atoms with Crippen LogP contribution in [-0.2, 0) is 0 Å². The predicted molar refractivity (Wildman–Crippen MR) is 86.5 cm³/mol. The number of benzene rings is 2. The summed E-state index contributed by atoms with van der Waals surface area (Å²) in [7, 11) is 0. The van der Waals surface area contributed by atoms with E-state index in [9.17, 15) is 9.90 Å². The van der Waals surface area contributed by atoms with Crippen molar-refractivity contribution >= 4 is 52.1 Å². The Hall–Kier alpha value is -1.60. The molecule has 0 unspecified atom stereocenters. The van der Waals surface area contributed by atoms with Gasteiger partial charge in [-0.2, -0.15) is 0 Å². The van der Waals surface area contributed by atoms with Crippen LogP contribution in [-0.4, -0.2) is 22.4 Å². The molecule has 0 aliphatic heterocycles. The zero-order valence-corrected chi connectivity index (χ0v) is 13.0. The minimum atomic E-state index is -1.05. The van der Waals surface area contributed by atoms with Crippen molar-refractivity contribution in [2.75, 3.05) is 0 Å². The van der Waals surface area contributed by atoms with Gasteiger partial charge in [-0.05, 0) is 46.9 Å². The Morgan fingerprint density at radius 3 is 2.70 bits per heavy atom. The fraction of sp³-hybridized carbons (Fsp3) is 0. The summed E-state index contributed by atoms with van der Waals surface area (Å²) in [5.74, 6) is -0.991. The molecule has 0 aliphatic carbocycles. The van der Waals surface area contributed by atoms with Crippen molar-refractivity contribution in [2.45, 2.75) is 0 Å². The summed E-state index contributed by atoms with van der Waals surface area (Å²) in [4.78, 5) is 15.2. The topological polar surface area (TPSA) is 69.9 Å². The van der Waals surface area contributed by atoms with E-state index in [2.05, 4.69) is 4.99 Å². The first kappa shape index (κ1) is 14.8. The van der Waals surface area contributed by atoms with Gasteiger partial charge in [-0.15, -0.1) is 0 Å². The van der Waals surface area contributed by atoms with Crippen LogP contribution in [0.5, 0.6) is 5.75 Å². The Morgan fingerprint density at radius 2 is 2.00 bits per heavy atom. The molecule has 0 aliphatic rings. The van der Waals surface area contributed by atoms with Gasteiger partial charge in [0, 0.05) is 16.8 Å². The molecule has 0 radical (unpaired) electrons. The van der Waals surface area contributed by atoms with Gasteiger partial charge in [0.25, 0.3) is 0 Å². The number of halogens is 2. The highest BCUT2D eigenvalue weighted by Gasteiger charge is 2.09. The molecule has 0 saturated heterocycles. The van der Waals surface area contributed by atoms with Gasteiger partial charge in [-0.25, -0.2) is 4.79 Å². The molecule has 6 heteroatoms. The number of hydrogen-bond donors (Lipinski definition) is 2. The lowest BCUT2D eigenvalue weighted by Crippen LogP contribution is -1.96. The second kappa shape index (κ2) is 6.23. The van der Waals surface area contributed by atoms with Crippen LogP contribution in [0.15, 0.2) is 41.4 Å². The summed E-state index contributed by atoms with van der Waals surface area (Å²) in [6, 6.07) is 9.57. The fourth-order valence-electron chi connectivity index (χ4n) is 1.59. The molecule has 0 heterocycles. The van der Waals surface area contributed by atoms with Crippen LogP contribution in [0.3, 0.4) is 0 Å². The molecular weight excluding hydrogens is 393 g/mol. The molecule has 0 aromatic heterocycles. The van der Waals surface area contributed by atoms with Gasteiger partial charge in [-0.1, -0.05) is 23.7 Å². The molecule has 102 valence electrons. The second-order valence-electron chi connectivity index (χ2n) is 3.91. The monoisotopic (exact) mass is 401 g/mol.